The zero-order valence-corrected chi connectivity index (χ0v) is 12.1. The maximum absolute atomic E-state index is 12.5. The molecule has 1 amide bonds. The third-order valence-corrected chi connectivity index (χ3v) is 3.15. The zero-order chi connectivity index (χ0) is 15.1. The first kappa shape index (κ1) is 15.3. The predicted octanol–water partition coefficient (Wildman–Crippen LogP) is 1.00. The molecule has 0 spiro atoms. The van der Waals surface area contributed by atoms with E-state index in [1.807, 2.05) is 24.3 Å². The zero-order valence-electron chi connectivity index (χ0n) is 11.3. The minimum Gasteiger partial charge on any atom is -0.326 e. The van der Waals surface area contributed by atoms with E-state index in [4.69, 9.17) is 17.3 Å². The molecule has 0 aliphatic carbocycles. The van der Waals surface area contributed by atoms with Crippen molar-refractivity contribution in [2.75, 3.05) is 17.3 Å². The maximum atomic E-state index is 12.5. The third kappa shape index (κ3) is 3.93. The van der Waals surface area contributed by atoms with Crippen molar-refractivity contribution < 1.29 is 4.79 Å². The van der Waals surface area contributed by atoms with E-state index < -0.39 is 0 Å². The van der Waals surface area contributed by atoms with Gasteiger partial charge in [-0.1, -0.05) is 12.1 Å². The van der Waals surface area contributed by atoms with Crippen molar-refractivity contribution >= 4 is 23.2 Å². The van der Waals surface area contributed by atoms with Gasteiger partial charge >= 0.3 is 0 Å². The summed E-state index contributed by atoms with van der Waals surface area (Å²) in [4.78, 5) is 14.1. The number of amides is 1. The van der Waals surface area contributed by atoms with Crippen LogP contribution < -0.4 is 10.6 Å². The lowest BCUT2D eigenvalue weighted by Gasteiger charge is -2.22. The number of carbonyl (C=O) groups is 1. The molecular formula is C13H15ClN6O. The molecule has 0 bridgehead atoms. The van der Waals surface area contributed by atoms with Crippen LogP contribution in [0.25, 0.3) is 0 Å². The molecule has 2 aromatic rings. The molecule has 2 rings (SSSR count). The van der Waals surface area contributed by atoms with E-state index in [9.17, 15) is 4.79 Å². The summed E-state index contributed by atoms with van der Waals surface area (Å²) < 4.78 is 0. The average molecular weight is 307 g/mol. The van der Waals surface area contributed by atoms with Gasteiger partial charge in [-0.2, -0.15) is 0 Å². The molecular weight excluding hydrogens is 292 g/mol. The van der Waals surface area contributed by atoms with Crippen molar-refractivity contribution in [1.82, 2.24) is 20.6 Å². The summed E-state index contributed by atoms with van der Waals surface area (Å²) in [5, 5.41) is 14.0. The fourth-order valence-electron chi connectivity index (χ4n) is 1.81. The van der Waals surface area contributed by atoms with E-state index in [0.29, 0.717) is 25.4 Å². The Morgan fingerprint density at radius 1 is 1.24 bits per heavy atom. The Kier molecular flexibility index (Phi) is 5.53. The molecule has 0 saturated carbocycles. The van der Waals surface area contributed by atoms with Gasteiger partial charge in [-0.25, -0.2) is 0 Å². The number of alkyl halides is 1. The van der Waals surface area contributed by atoms with Crippen LogP contribution in [0.5, 0.6) is 0 Å². The monoisotopic (exact) mass is 306 g/mol. The predicted molar refractivity (Wildman–Crippen MR) is 79.0 cm³/mol. The van der Waals surface area contributed by atoms with Gasteiger partial charge in [-0.05, 0) is 34.5 Å². The fourth-order valence-corrected chi connectivity index (χ4v) is 1.93. The van der Waals surface area contributed by atoms with Crippen molar-refractivity contribution in [3.8, 4) is 0 Å². The lowest BCUT2D eigenvalue weighted by atomic mass is 10.2. The highest BCUT2D eigenvalue weighted by Crippen LogP contribution is 2.18. The molecule has 0 aliphatic heterocycles. The van der Waals surface area contributed by atoms with Gasteiger partial charge in [-0.3, -0.25) is 4.79 Å². The van der Waals surface area contributed by atoms with Crippen molar-refractivity contribution in [2.45, 2.75) is 13.0 Å². The van der Waals surface area contributed by atoms with Crippen molar-refractivity contribution in [2.24, 2.45) is 5.73 Å². The quantitative estimate of drug-likeness (QED) is 0.800. The van der Waals surface area contributed by atoms with Gasteiger partial charge in [0.2, 0.25) is 0 Å². The number of halogens is 1. The van der Waals surface area contributed by atoms with Crippen LogP contribution >= 0.6 is 11.6 Å². The van der Waals surface area contributed by atoms with Gasteiger partial charge < -0.3 is 10.6 Å². The van der Waals surface area contributed by atoms with E-state index >= 15 is 0 Å². The molecule has 7 nitrogen and oxygen atoms in total. The second kappa shape index (κ2) is 7.61. The number of hydrogen-bond acceptors (Lipinski definition) is 6. The molecule has 1 aromatic heterocycles. The molecule has 0 fully saturated rings. The first-order valence-corrected chi connectivity index (χ1v) is 6.97. The van der Waals surface area contributed by atoms with E-state index in [1.54, 1.807) is 4.90 Å². The summed E-state index contributed by atoms with van der Waals surface area (Å²) >= 11 is 5.73. The lowest BCUT2D eigenvalue weighted by molar-refractivity contribution is 0.0980. The highest BCUT2D eigenvalue weighted by Gasteiger charge is 2.19. The van der Waals surface area contributed by atoms with Crippen LogP contribution in [0.4, 0.5) is 5.69 Å². The van der Waals surface area contributed by atoms with Crippen molar-refractivity contribution in [3.63, 3.8) is 0 Å². The van der Waals surface area contributed by atoms with Gasteiger partial charge in [0.25, 0.3) is 5.91 Å². The number of aromatic nitrogens is 4. The SMILES string of the molecule is NCc1ccc(N(CCCCl)C(=O)c2cnnnn2)cc1. The third-order valence-electron chi connectivity index (χ3n) is 2.89. The Bertz CT molecular complexity index is 577. The largest absolute Gasteiger partial charge is 0.326 e. The molecule has 0 saturated heterocycles. The Labute approximate surface area is 127 Å². The molecule has 21 heavy (non-hydrogen) atoms. The second-order valence-corrected chi connectivity index (χ2v) is 4.66. The van der Waals surface area contributed by atoms with Gasteiger partial charge in [0.05, 0.1) is 6.20 Å². The van der Waals surface area contributed by atoms with Crippen LogP contribution in [-0.4, -0.2) is 39.0 Å². The highest BCUT2D eigenvalue weighted by molar-refractivity contribution is 6.17. The summed E-state index contributed by atoms with van der Waals surface area (Å²) in [5.41, 5.74) is 7.46. The number of carbonyl (C=O) groups excluding carboxylic acids is 1. The summed E-state index contributed by atoms with van der Waals surface area (Å²) in [7, 11) is 0. The molecule has 0 atom stereocenters. The topological polar surface area (TPSA) is 97.9 Å². The first-order valence-electron chi connectivity index (χ1n) is 6.44. The Hall–Kier alpha value is -2.12. The van der Waals surface area contributed by atoms with Gasteiger partial charge in [0.15, 0.2) is 5.69 Å². The lowest BCUT2D eigenvalue weighted by Crippen LogP contribution is -2.33. The summed E-state index contributed by atoms with van der Waals surface area (Å²) in [6, 6.07) is 7.45. The molecule has 1 aromatic carbocycles. The molecule has 0 unspecified atom stereocenters. The standard InChI is InChI=1S/C13H15ClN6O/c14-6-1-7-20(11-4-2-10(8-15)3-5-11)13(21)12-9-16-18-19-17-12/h2-5,9H,1,6-8,15H2. The Morgan fingerprint density at radius 3 is 2.57 bits per heavy atom. The Balaban J connectivity index is 2.26. The van der Waals surface area contributed by atoms with Crippen LogP contribution in [-0.2, 0) is 6.54 Å². The summed E-state index contributed by atoms with van der Waals surface area (Å²) in [6.45, 7) is 0.934. The molecule has 0 aliphatic rings. The van der Waals surface area contributed by atoms with Crippen molar-refractivity contribution in [3.05, 3.63) is 41.7 Å². The normalized spacial score (nSPS) is 10.4. The fraction of sp³-hybridized carbons (Fsp3) is 0.308. The van der Waals surface area contributed by atoms with Gasteiger partial charge in [0.1, 0.15) is 0 Å². The molecule has 110 valence electrons. The molecule has 0 radical (unpaired) electrons. The van der Waals surface area contributed by atoms with Gasteiger partial charge in [0, 0.05) is 24.7 Å². The number of rotatable bonds is 6. The number of hydrogen-bond donors (Lipinski definition) is 1. The molecule has 2 N–H and O–H groups in total. The molecule has 8 heteroatoms. The van der Waals surface area contributed by atoms with Crippen LogP contribution in [0.1, 0.15) is 22.5 Å². The first-order chi connectivity index (χ1) is 10.3. The summed E-state index contributed by atoms with van der Waals surface area (Å²) in [6.07, 6.45) is 1.95. The number of nitrogens with two attached hydrogens (primary N) is 1. The summed E-state index contributed by atoms with van der Waals surface area (Å²) in [5.74, 6) is 0.174. The maximum Gasteiger partial charge on any atom is 0.280 e. The van der Waals surface area contributed by atoms with Crippen LogP contribution in [0, 0.1) is 0 Å². The van der Waals surface area contributed by atoms with E-state index in [-0.39, 0.29) is 11.6 Å². The minimum absolute atomic E-state index is 0.141. The smallest absolute Gasteiger partial charge is 0.280 e. The van der Waals surface area contributed by atoms with Crippen LogP contribution in [0.2, 0.25) is 0 Å². The second-order valence-electron chi connectivity index (χ2n) is 4.28. The Morgan fingerprint density at radius 2 is 2.00 bits per heavy atom. The average Bonchev–Trinajstić information content (AvgIpc) is 2.56. The van der Waals surface area contributed by atoms with E-state index in [1.165, 1.54) is 6.20 Å². The van der Waals surface area contributed by atoms with Crippen molar-refractivity contribution in [1.29, 1.82) is 0 Å². The highest BCUT2D eigenvalue weighted by atomic mass is 35.5. The minimum atomic E-state index is -0.289. The van der Waals surface area contributed by atoms with E-state index in [0.717, 1.165) is 11.3 Å². The van der Waals surface area contributed by atoms with Gasteiger partial charge in [-0.15, -0.1) is 21.8 Å². The molecule has 1 heterocycles. The number of benzene rings is 1. The van der Waals surface area contributed by atoms with Crippen LogP contribution in [0.15, 0.2) is 30.5 Å². The number of nitrogens with zero attached hydrogens (tertiary/aromatic N) is 5. The number of anilines is 1. The van der Waals surface area contributed by atoms with E-state index in [2.05, 4.69) is 20.6 Å². The van der Waals surface area contributed by atoms with Crippen LogP contribution in [0.3, 0.4) is 0 Å².